The molecule has 3 aromatic rings. The first-order valence-corrected chi connectivity index (χ1v) is 11.2. The Morgan fingerprint density at radius 3 is 2.91 bits per heavy atom. The van der Waals surface area contributed by atoms with E-state index >= 15 is 0 Å². The van der Waals surface area contributed by atoms with Crippen LogP contribution in [0.25, 0.3) is 10.9 Å². The van der Waals surface area contributed by atoms with Gasteiger partial charge in [-0.15, -0.1) is 0 Å². The largest absolute Gasteiger partial charge is 0.470 e. The number of halogens is 1. The maximum absolute atomic E-state index is 12.5. The molecule has 1 unspecified atom stereocenters. The van der Waals surface area contributed by atoms with Gasteiger partial charge < -0.3 is 25.4 Å². The summed E-state index contributed by atoms with van der Waals surface area (Å²) in [5.41, 5.74) is 1.83. The molecule has 7 nitrogen and oxygen atoms in total. The van der Waals surface area contributed by atoms with Crippen LogP contribution in [-0.2, 0) is 0 Å². The molecule has 0 radical (unpaired) electrons. The summed E-state index contributed by atoms with van der Waals surface area (Å²) in [6, 6.07) is 11.1. The Hall–Kier alpha value is -3.10. The number of carbonyl (C=O) groups excluding carboxylic acids is 1. The van der Waals surface area contributed by atoms with Crippen molar-refractivity contribution in [3.8, 4) is 17.2 Å². The fourth-order valence-electron chi connectivity index (χ4n) is 3.46. The zero-order chi connectivity index (χ0) is 22.2. The fraction of sp³-hybridized carbons (Fsp3) is 0.261. The van der Waals surface area contributed by atoms with Gasteiger partial charge in [0.25, 0.3) is 5.91 Å². The third-order valence-electron chi connectivity index (χ3n) is 5.31. The Labute approximate surface area is 195 Å². The van der Waals surface area contributed by atoms with Crippen LogP contribution >= 0.6 is 23.8 Å². The second kappa shape index (κ2) is 8.44. The van der Waals surface area contributed by atoms with E-state index in [2.05, 4.69) is 20.9 Å². The first-order valence-electron chi connectivity index (χ1n) is 10.5. The molecule has 2 aliphatic rings. The zero-order valence-corrected chi connectivity index (χ0v) is 18.8. The summed E-state index contributed by atoms with van der Waals surface area (Å²) in [5, 5.41) is 10.9. The molecule has 1 saturated carbocycles. The van der Waals surface area contributed by atoms with Crippen molar-refractivity contribution in [1.82, 2.24) is 15.6 Å². The lowest BCUT2D eigenvalue weighted by Gasteiger charge is -2.26. The molecule has 3 N–H and O–H groups in total. The lowest BCUT2D eigenvalue weighted by atomic mass is 10.1. The van der Waals surface area contributed by atoms with Crippen LogP contribution < -0.4 is 25.4 Å². The summed E-state index contributed by atoms with van der Waals surface area (Å²) >= 11 is 11.8. The SMILES string of the molecule is CCC1NC(=O)c2cc3c(Oc4ccc(NC(=S)NC5CC5)c(Cl)c4)ccnc3cc2O1. The van der Waals surface area contributed by atoms with E-state index in [9.17, 15) is 4.79 Å². The van der Waals surface area contributed by atoms with Crippen LogP contribution in [0.4, 0.5) is 5.69 Å². The smallest absolute Gasteiger partial charge is 0.257 e. The van der Waals surface area contributed by atoms with Gasteiger partial charge in [0.2, 0.25) is 0 Å². The summed E-state index contributed by atoms with van der Waals surface area (Å²) < 4.78 is 12.0. The lowest BCUT2D eigenvalue weighted by molar-refractivity contribution is 0.0751. The number of anilines is 1. The van der Waals surface area contributed by atoms with Gasteiger partial charge in [0, 0.05) is 36.2 Å². The van der Waals surface area contributed by atoms with E-state index in [1.165, 1.54) is 0 Å². The highest BCUT2D eigenvalue weighted by Gasteiger charge is 2.26. The van der Waals surface area contributed by atoms with Crippen LogP contribution in [0.15, 0.2) is 42.6 Å². The number of carbonyl (C=O) groups is 1. The van der Waals surface area contributed by atoms with E-state index in [1.807, 2.05) is 13.0 Å². The monoisotopic (exact) mass is 468 g/mol. The van der Waals surface area contributed by atoms with E-state index in [4.69, 9.17) is 33.3 Å². The van der Waals surface area contributed by atoms with Crippen LogP contribution in [0.5, 0.6) is 17.2 Å². The summed E-state index contributed by atoms with van der Waals surface area (Å²) in [4.78, 5) is 16.9. The predicted molar refractivity (Wildman–Crippen MR) is 128 cm³/mol. The molecule has 1 aromatic heterocycles. The number of ether oxygens (including phenoxy) is 2. The van der Waals surface area contributed by atoms with Crippen LogP contribution in [0.2, 0.25) is 5.02 Å². The molecule has 0 bridgehead atoms. The number of aromatic nitrogens is 1. The first kappa shape index (κ1) is 20.8. The van der Waals surface area contributed by atoms with Gasteiger partial charge in [-0.2, -0.15) is 0 Å². The Kier molecular flexibility index (Phi) is 5.48. The number of thiocarbonyl (C=S) groups is 1. The van der Waals surface area contributed by atoms with E-state index in [-0.39, 0.29) is 12.1 Å². The van der Waals surface area contributed by atoms with Crippen LogP contribution in [0.1, 0.15) is 36.5 Å². The van der Waals surface area contributed by atoms with Gasteiger partial charge in [-0.25, -0.2) is 0 Å². The molecule has 1 amide bonds. The zero-order valence-electron chi connectivity index (χ0n) is 17.3. The van der Waals surface area contributed by atoms with E-state index in [0.717, 1.165) is 12.8 Å². The minimum atomic E-state index is -0.339. The molecule has 1 aliphatic heterocycles. The quantitative estimate of drug-likeness (QED) is 0.455. The van der Waals surface area contributed by atoms with Gasteiger partial charge in [0.15, 0.2) is 11.3 Å². The molecule has 9 heteroatoms. The van der Waals surface area contributed by atoms with Crippen molar-refractivity contribution in [1.29, 1.82) is 0 Å². The van der Waals surface area contributed by atoms with Crippen LogP contribution in [0, 0.1) is 0 Å². The summed E-state index contributed by atoms with van der Waals surface area (Å²) in [6.07, 6.45) is 4.27. The van der Waals surface area contributed by atoms with Gasteiger partial charge >= 0.3 is 0 Å². The molecule has 1 fully saturated rings. The topological polar surface area (TPSA) is 84.5 Å². The molecule has 0 spiro atoms. The van der Waals surface area contributed by atoms with Gasteiger partial charge in [0.1, 0.15) is 17.2 Å². The first-order chi connectivity index (χ1) is 15.5. The van der Waals surface area contributed by atoms with E-state index < -0.39 is 0 Å². The molecule has 2 heterocycles. The molecule has 1 atom stereocenters. The lowest BCUT2D eigenvalue weighted by Crippen LogP contribution is -2.42. The number of hydrogen-bond acceptors (Lipinski definition) is 5. The number of hydrogen-bond donors (Lipinski definition) is 3. The molecule has 32 heavy (non-hydrogen) atoms. The fourth-order valence-corrected chi connectivity index (χ4v) is 3.96. The van der Waals surface area contributed by atoms with Crippen molar-refractivity contribution >= 4 is 51.4 Å². The highest BCUT2D eigenvalue weighted by molar-refractivity contribution is 7.80. The van der Waals surface area contributed by atoms with Gasteiger partial charge in [-0.3, -0.25) is 9.78 Å². The summed E-state index contributed by atoms with van der Waals surface area (Å²) in [5.74, 6) is 1.46. The highest BCUT2D eigenvalue weighted by atomic mass is 35.5. The summed E-state index contributed by atoms with van der Waals surface area (Å²) in [7, 11) is 0. The van der Waals surface area contributed by atoms with Crippen molar-refractivity contribution in [2.24, 2.45) is 0 Å². The Morgan fingerprint density at radius 2 is 2.16 bits per heavy atom. The van der Waals surface area contributed by atoms with Crippen molar-refractivity contribution in [2.75, 3.05) is 5.32 Å². The van der Waals surface area contributed by atoms with Crippen LogP contribution in [0.3, 0.4) is 0 Å². The molecule has 164 valence electrons. The minimum Gasteiger partial charge on any atom is -0.470 e. The standard InChI is InChI=1S/C23H21ClN4O3S/c1-2-21-28-22(29)15-10-14-18(11-20(15)31-21)25-8-7-19(14)30-13-5-6-17(16(24)9-13)27-23(32)26-12-3-4-12/h5-12,21H,2-4H2,1H3,(H,28,29)(H2,26,27,32). The van der Waals surface area contributed by atoms with Crippen LogP contribution in [-0.4, -0.2) is 28.3 Å². The number of benzene rings is 2. The normalized spacial score (nSPS) is 17.2. The molecular weight excluding hydrogens is 448 g/mol. The number of fused-ring (bicyclic) bond motifs is 2. The van der Waals surface area contributed by atoms with Gasteiger partial charge in [0.05, 0.1) is 21.8 Å². The second-order valence-electron chi connectivity index (χ2n) is 7.78. The van der Waals surface area contributed by atoms with Crippen molar-refractivity contribution < 1.29 is 14.3 Å². The summed E-state index contributed by atoms with van der Waals surface area (Å²) in [6.45, 7) is 1.95. The minimum absolute atomic E-state index is 0.177. The average Bonchev–Trinajstić information content (AvgIpc) is 3.58. The van der Waals surface area contributed by atoms with Gasteiger partial charge in [-0.05, 0) is 49.3 Å². The van der Waals surface area contributed by atoms with E-state index in [1.54, 1.807) is 36.5 Å². The predicted octanol–water partition coefficient (Wildman–Crippen LogP) is 4.99. The number of amides is 1. The van der Waals surface area contributed by atoms with Crippen molar-refractivity contribution in [3.05, 3.63) is 53.2 Å². The number of rotatable bonds is 5. The molecule has 5 rings (SSSR count). The molecular formula is C23H21ClN4O3S. The van der Waals surface area contributed by atoms with E-state index in [0.29, 0.717) is 62.0 Å². The third-order valence-corrected chi connectivity index (χ3v) is 5.84. The third kappa shape index (κ3) is 4.28. The number of nitrogens with one attached hydrogen (secondary N) is 3. The maximum Gasteiger partial charge on any atom is 0.257 e. The van der Waals surface area contributed by atoms with Crippen molar-refractivity contribution in [2.45, 2.75) is 38.5 Å². The highest BCUT2D eigenvalue weighted by Crippen LogP contribution is 2.36. The molecule has 0 saturated heterocycles. The molecule has 1 aliphatic carbocycles. The van der Waals surface area contributed by atoms with Crippen molar-refractivity contribution in [3.63, 3.8) is 0 Å². The molecule has 2 aromatic carbocycles. The Balaban J connectivity index is 1.40. The Bertz CT molecular complexity index is 1230. The Morgan fingerprint density at radius 1 is 1.31 bits per heavy atom. The average molecular weight is 469 g/mol. The number of nitrogens with zero attached hydrogens (tertiary/aromatic N) is 1. The van der Waals surface area contributed by atoms with Gasteiger partial charge in [-0.1, -0.05) is 18.5 Å². The maximum atomic E-state index is 12.5. The number of pyridine rings is 1. The second-order valence-corrected chi connectivity index (χ2v) is 8.59.